The molecule has 4 nitrogen and oxygen atoms in total. The third-order valence-corrected chi connectivity index (χ3v) is 3.19. The van der Waals surface area contributed by atoms with Gasteiger partial charge in [-0.15, -0.1) is 0 Å². The lowest BCUT2D eigenvalue weighted by Crippen LogP contribution is -2.19. The summed E-state index contributed by atoms with van der Waals surface area (Å²) in [7, 11) is 0. The first-order chi connectivity index (χ1) is 10.0. The van der Waals surface area contributed by atoms with Crippen molar-refractivity contribution in [2.75, 3.05) is 6.61 Å². The molecule has 0 aromatic heterocycles. The van der Waals surface area contributed by atoms with Crippen molar-refractivity contribution >= 4 is 29.4 Å². The van der Waals surface area contributed by atoms with Gasteiger partial charge in [0.05, 0.1) is 5.69 Å². The molecule has 0 saturated heterocycles. The van der Waals surface area contributed by atoms with E-state index < -0.39 is 5.91 Å². The molecular formula is C16H15ClN2O2. The fraction of sp³-hybridized carbons (Fsp3) is 0.125. The third-order valence-electron chi connectivity index (χ3n) is 2.78. The Morgan fingerprint density at radius 2 is 2.00 bits per heavy atom. The molecular weight excluding hydrogens is 288 g/mol. The number of ether oxygens (including phenoxy) is 1. The molecule has 2 aromatic carbocycles. The summed E-state index contributed by atoms with van der Waals surface area (Å²) in [4.78, 5) is 15.0. The van der Waals surface area contributed by atoms with Gasteiger partial charge in [0.2, 0.25) is 0 Å². The molecule has 21 heavy (non-hydrogen) atoms. The van der Waals surface area contributed by atoms with Gasteiger partial charge in [0.15, 0.2) is 6.61 Å². The highest BCUT2D eigenvalue weighted by molar-refractivity contribution is 6.31. The third kappa shape index (κ3) is 4.61. The molecule has 0 aliphatic carbocycles. The number of aryl methyl sites for hydroxylation is 1. The van der Waals surface area contributed by atoms with E-state index in [9.17, 15) is 4.79 Å². The standard InChI is InChI=1S/C16H15ClN2O2/c1-11-2-5-13(8-15(11)17)19-9-12-3-6-14(7-4-12)21-10-16(18)20/h2-9H,10H2,1H3,(H2,18,20). The van der Waals surface area contributed by atoms with Gasteiger partial charge in [0.1, 0.15) is 5.75 Å². The molecule has 0 heterocycles. The Kier molecular flexibility index (Phi) is 4.95. The Bertz CT molecular complexity index is 666. The highest BCUT2D eigenvalue weighted by atomic mass is 35.5. The lowest BCUT2D eigenvalue weighted by Gasteiger charge is -2.03. The fourth-order valence-electron chi connectivity index (χ4n) is 1.62. The lowest BCUT2D eigenvalue weighted by atomic mass is 10.2. The number of hydrogen-bond acceptors (Lipinski definition) is 3. The van der Waals surface area contributed by atoms with Gasteiger partial charge >= 0.3 is 0 Å². The second-order valence-electron chi connectivity index (χ2n) is 4.52. The van der Waals surface area contributed by atoms with Crippen molar-refractivity contribution in [3.05, 3.63) is 58.6 Å². The second-order valence-corrected chi connectivity index (χ2v) is 4.92. The minimum absolute atomic E-state index is 0.130. The zero-order chi connectivity index (χ0) is 15.2. The molecule has 0 aliphatic heterocycles. The topological polar surface area (TPSA) is 64.7 Å². The number of rotatable bonds is 5. The van der Waals surface area contributed by atoms with Gasteiger partial charge in [-0.1, -0.05) is 17.7 Å². The first kappa shape index (κ1) is 15.1. The number of nitrogens with two attached hydrogens (primary N) is 1. The van der Waals surface area contributed by atoms with Crippen LogP contribution in [-0.2, 0) is 4.79 Å². The second kappa shape index (κ2) is 6.90. The van der Waals surface area contributed by atoms with Crippen LogP contribution in [0.2, 0.25) is 5.02 Å². The van der Waals surface area contributed by atoms with Gasteiger partial charge in [-0.2, -0.15) is 0 Å². The van der Waals surface area contributed by atoms with Crippen molar-refractivity contribution in [2.24, 2.45) is 10.7 Å². The number of halogens is 1. The maximum absolute atomic E-state index is 10.6. The molecule has 0 aliphatic rings. The van der Waals surface area contributed by atoms with E-state index in [1.807, 2.05) is 37.3 Å². The molecule has 0 fully saturated rings. The van der Waals surface area contributed by atoms with Gasteiger partial charge in [-0.05, 0) is 54.4 Å². The van der Waals surface area contributed by atoms with Crippen molar-refractivity contribution < 1.29 is 9.53 Å². The van der Waals surface area contributed by atoms with E-state index in [0.717, 1.165) is 16.8 Å². The lowest BCUT2D eigenvalue weighted by molar-refractivity contribution is -0.119. The summed E-state index contributed by atoms with van der Waals surface area (Å²) in [5.41, 5.74) is 7.74. The Morgan fingerprint density at radius 1 is 1.29 bits per heavy atom. The van der Waals surface area contributed by atoms with E-state index in [4.69, 9.17) is 22.1 Å². The summed E-state index contributed by atoms with van der Waals surface area (Å²) in [6.45, 7) is 1.82. The minimum atomic E-state index is -0.503. The molecule has 0 spiro atoms. The van der Waals surface area contributed by atoms with Crippen molar-refractivity contribution in [2.45, 2.75) is 6.92 Å². The largest absolute Gasteiger partial charge is 0.484 e. The van der Waals surface area contributed by atoms with Gasteiger partial charge in [-0.3, -0.25) is 9.79 Å². The van der Waals surface area contributed by atoms with Gasteiger partial charge in [-0.25, -0.2) is 0 Å². The number of carbonyl (C=O) groups excluding carboxylic acids is 1. The van der Waals surface area contributed by atoms with Crippen LogP contribution in [-0.4, -0.2) is 18.7 Å². The van der Waals surface area contributed by atoms with Crippen molar-refractivity contribution in [3.63, 3.8) is 0 Å². The fourth-order valence-corrected chi connectivity index (χ4v) is 1.79. The van der Waals surface area contributed by atoms with Gasteiger partial charge in [0.25, 0.3) is 5.91 Å². The quantitative estimate of drug-likeness (QED) is 0.862. The zero-order valence-corrected chi connectivity index (χ0v) is 12.3. The van der Waals surface area contributed by atoms with Crippen LogP contribution in [0.3, 0.4) is 0 Å². The van der Waals surface area contributed by atoms with E-state index in [-0.39, 0.29) is 6.61 Å². The summed E-state index contributed by atoms with van der Waals surface area (Å²) in [5.74, 6) is 0.0845. The molecule has 0 unspecified atom stereocenters. The van der Waals surface area contributed by atoms with Crippen LogP contribution in [0.4, 0.5) is 5.69 Å². The predicted octanol–water partition coefficient (Wildman–Crippen LogP) is 3.26. The molecule has 2 rings (SSSR count). The first-order valence-corrected chi connectivity index (χ1v) is 6.74. The van der Waals surface area contributed by atoms with Gasteiger partial charge < -0.3 is 10.5 Å². The maximum Gasteiger partial charge on any atom is 0.255 e. The number of amides is 1. The smallest absolute Gasteiger partial charge is 0.255 e. The predicted molar refractivity (Wildman–Crippen MR) is 84.6 cm³/mol. The maximum atomic E-state index is 10.6. The summed E-state index contributed by atoms with van der Waals surface area (Å²) in [6, 6.07) is 12.8. The molecule has 0 radical (unpaired) electrons. The Hall–Kier alpha value is -2.33. The van der Waals surface area contributed by atoms with E-state index in [2.05, 4.69) is 4.99 Å². The normalized spacial score (nSPS) is 10.8. The summed E-state index contributed by atoms with van der Waals surface area (Å²) >= 11 is 6.05. The van der Waals surface area contributed by atoms with E-state index >= 15 is 0 Å². The summed E-state index contributed by atoms with van der Waals surface area (Å²) in [6.07, 6.45) is 1.73. The number of nitrogens with zero attached hydrogens (tertiary/aromatic N) is 1. The van der Waals surface area contributed by atoms with Crippen molar-refractivity contribution in [3.8, 4) is 5.75 Å². The van der Waals surface area contributed by atoms with Crippen LogP contribution < -0.4 is 10.5 Å². The molecule has 1 amide bonds. The molecule has 0 saturated carbocycles. The highest BCUT2D eigenvalue weighted by Gasteiger charge is 1.98. The average Bonchev–Trinajstić information content (AvgIpc) is 2.47. The molecule has 5 heteroatoms. The van der Waals surface area contributed by atoms with Crippen LogP contribution in [0.25, 0.3) is 0 Å². The van der Waals surface area contributed by atoms with Crippen molar-refractivity contribution in [1.82, 2.24) is 0 Å². The number of carbonyl (C=O) groups is 1. The summed E-state index contributed by atoms with van der Waals surface area (Å²) < 4.78 is 5.18. The average molecular weight is 303 g/mol. The van der Waals surface area contributed by atoms with E-state index in [0.29, 0.717) is 10.8 Å². The molecule has 2 aromatic rings. The van der Waals surface area contributed by atoms with Crippen molar-refractivity contribution in [1.29, 1.82) is 0 Å². The number of primary amides is 1. The molecule has 108 valence electrons. The minimum Gasteiger partial charge on any atom is -0.484 e. The zero-order valence-electron chi connectivity index (χ0n) is 11.5. The van der Waals surface area contributed by atoms with Crippen LogP contribution in [0.1, 0.15) is 11.1 Å². The Labute approximate surface area is 128 Å². The Morgan fingerprint density at radius 3 is 2.62 bits per heavy atom. The monoisotopic (exact) mass is 302 g/mol. The number of hydrogen-bond donors (Lipinski definition) is 1. The number of aliphatic imine (C=N–C) groups is 1. The molecule has 2 N–H and O–H groups in total. The highest BCUT2D eigenvalue weighted by Crippen LogP contribution is 2.22. The molecule has 0 atom stereocenters. The summed E-state index contributed by atoms with van der Waals surface area (Å²) in [5, 5.41) is 0.694. The molecule has 0 bridgehead atoms. The Balaban J connectivity index is 2.03. The number of benzene rings is 2. The van der Waals surface area contributed by atoms with Crippen LogP contribution in [0.15, 0.2) is 47.5 Å². The van der Waals surface area contributed by atoms with Gasteiger partial charge in [0, 0.05) is 11.2 Å². The SMILES string of the molecule is Cc1ccc(N=Cc2ccc(OCC(N)=O)cc2)cc1Cl. The van der Waals surface area contributed by atoms with E-state index in [1.54, 1.807) is 18.3 Å². The first-order valence-electron chi connectivity index (χ1n) is 6.36. The van der Waals surface area contributed by atoms with E-state index in [1.165, 1.54) is 0 Å². The van der Waals surface area contributed by atoms with Crippen LogP contribution >= 0.6 is 11.6 Å². The van der Waals surface area contributed by atoms with Crippen LogP contribution in [0, 0.1) is 6.92 Å². The van der Waals surface area contributed by atoms with Crippen LogP contribution in [0.5, 0.6) is 5.75 Å².